The molecule has 1 aliphatic heterocycles. The molecule has 3 rings (SSSR count). The molecule has 1 amide bonds. The third kappa shape index (κ3) is 4.82. The molecule has 1 unspecified atom stereocenters. The molecule has 1 heterocycles. The molecule has 0 bridgehead atoms. The highest BCUT2D eigenvalue weighted by atomic mass is 32.2. The maximum atomic E-state index is 14.0. The lowest BCUT2D eigenvalue weighted by molar-refractivity contribution is -0.133. The molecular formula is C22H27FN2O4S. The third-order valence-electron chi connectivity index (χ3n) is 5.43. The van der Waals surface area contributed by atoms with E-state index in [1.165, 1.54) is 18.2 Å². The van der Waals surface area contributed by atoms with E-state index in [4.69, 9.17) is 4.74 Å². The predicted octanol–water partition coefficient (Wildman–Crippen LogP) is 3.15. The van der Waals surface area contributed by atoms with Gasteiger partial charge in [0, 0.05) is 19.0 Å². The maximum absolute atomic E-state index is 14.0. The van der Waals surface area contributed by atoms with Gasteiger partial charge in [-0.1, -0.05) is 38.1 Å². The SMILES string of the molecule is COc1ccc(C2CCN(C(=O)[C@@H](NS(=O)(=O)c3ccccc3F)C(C)C)C2)cc1. The van der Waals surface area contributed by atoms with Crippen molar-refractivity contribution in [1.82, 2.24) is 9.62 Å². The molecule has 0 aliphatic carbocycles. The summed E-state index contributed by atoms with van der Waals surface area (Å²) in [7, 11) is -2.56. The van der Waals surface area contributed by atoms with Crippen LogP contribution < -0.4 is 9.46 Å². The molecule has 0 radical (unpaired) electrons. The van der Waals surface area contributed by atoms with E-state index in [0.29, 0.717) is 13.1 Å². The van der Waals surface area contributed by atoms with Gasteiger partial charge in [0.2, 0.25) is 15.9 Å². The Hall–Kier alpha value is -2.45. The summed E-state index contributed by atoms with van der Waals surface area (Å²) >= 11 is 0. The molecule has 162 valence electrons. The number of halogens is 1. The number of nitrogens with zero attached hydrogens (tertiary/aromatic N) is 1. The lowest BCUT2D eigenvalue weighted by Gasteiger charge is -2.27. The molecule has 1 fully saturated rings. The van der Waals surface area contributed by atoms with E-state index < -0.39 is 26.8 Å². The van der Waals surface area contributed by atoms with Gasteiger partial charge in [-0.05, 0) is 42.2 Å². The Kier molecular flexibility index (Phi) is 6.77. The predicted molar refractivity (Wildman–Crippen MR) is 112 cm³/mol. The Balaban J connectivity index is 1.73. The lowest BCUT2D eigenvalue weighted by atomic mass is 9.98. The maximum Gasteiger partial charge on any atom is 0.244 e. The molecule has 6 nitrogen and oxygen atoms in total. The van der Waals surface area contributed by atoms with E-state index in [1.54, 1.807) is 25.9 Å². The topological polar surface area (TPSA) is 75.7 Å². The number of ether oxygens (including phenoxy) is 1. The Labute approximate surface area is 177 Å². The van der Waals surface area contributed by atoms with E-state index in [-0.39, 0.29) is 17.7 Å². The highest BCUT2D eigenvalue weighted by molar-refractivity contribution is 7.89. The smallest absolute Gasteiger partial charge is 0.244 e. The van der Waals surface area contributed by atoms with Gasteiger partial charge in [-0.25, -0.2) is 12.8 Å². The second kappa shape index (κ2) is 9.14. The van der Waals surface area contributed by atoms with Crippen molar-refractivity contribution in [1.29, 1.82) is 0 Å². The first-order valence-corrected chi connectivity index (χ1v) is 11.4. The van der Waals surface area contributed by atoms with Crippen molar-refractivity contribution in [3.63, 3.8) is 0 Å². The highest BCUT2D eigenvalue weighted by Crippen LogP contribution is 2.29. The van der Waals surface area contributed by atoms with Crippen LogP contribution in [0.4, 0.5) is 4.39 Å². The fraction of sp³-hybridized carbons (Fsp3) is 0.409. The zero-order valence-electron chi connectivity index (χ0n) is 17.3. The number of carbonyl (C=O) groups excluding carboxylic acids is 1. The molecular weight excluding hydrogens is 407 g/mol. The zero-order valence-corrected chi connectivity index (χ0v) is 18.2. The van der Waals surface area contributed by atoms with Crippen LogP contribution in [0.2, 0.25) is 0 Å². The zero-order chi connectivity index (χ0) is 21.9. The first-order valence-electron chi connectivity index (χ1n) is 9.92. The van der Waals surface area contributed by atoms with E-state index >= 15 is 0 Å². The number of carbonyl (C=O) groups is 1. The fourth-order valence-corrected chi connectivity index (χ4v) is 5.09. The largest absolute Gasteiger partial charge is 0.497 e. The lowest BCUT2D eigenvalue weighted by Crippen LogP contribution is -2.50. The first kappa shape index (κ1) is 22.2. The summed E-state index contributed by atoms with van der Waals surface area (Å²) in [5.74, 6) is -0.483. The van der Waals surface area contributed by atoms with Gasteiger partial charge in [-0.2, -0.15) is 4.72 Å². The van der Waals surface area contributed by atoms with Crippen molar-refractivity contribution in [3.05, 3.63) is 59.9 Å². The molecule has 0 saturated carbocycles. The van der Waals surface area contributed by atoms with Gasteiger partial charge < -0.3 is 9.64 Å². The van der Waals surface area contributed by atoms with Crippen LogP contribution >= 0.6 is 0 Å². The van der Waals surface area contributed by atoms with Crippen LogP contribution in [0.1, 0.15) is 31.7 Å². The van der Waals surface area contributed by atoms with Gasteiger partial charge in [-0.15, -0.1) is 0 Å². The van der Waals surface area contributed by atoms with E-state index in [1.807, 2.05) is 24.3 Å². The number of hydrogen-bond acceptors (Lipinski definition) is 4. The Morgan fingerprint density at radius 3 is 2.43 bits per heavy atom. The molecule has 0 spiro atoms. The molecule has 0 aromatic heterocycles. The van der Waals surface area contributed by atoms with Crippen LogP contribution in [0, 0.1) is 11.7 Å². The second-order valence-corrected chi connectivity index (χ2v) is 9.50. The number of rotatable bonds is 7. The van der Waals surface area contributed by atoms with Gasteiger partial charge in [0.25, 0.3) is 0 Å². The third-order valence-corrected chi connectivity index (χ3v) is 6.90. The minimum Gasteiger partial charge on any atom is -0.497 e. The average molecular weight is 435 g/mol. The fourth-order valence-electron chi connectivity index (χ4n) is 3.67. The van der Waals surface area contributed by atoms with E-state index in [2.05, 4.69) is 4.72 Å². The van der Waals surface area contributed by atoms with E-state index in [9.17, 15) is 17.6 Å². The normalized spacial score (nSPS) is 17.9. The van der Waals surface area contributed by atoms with Crippen LogP contribution in [0.3, 0.4) is 0 Å². The minimum absolute atomic E-state index is 0.177. The monoisotopic (exact) mass is 434 g/mol. The number of methoxy groups -OCH3 is 1. The van der Waals surface area contributed by atoms with Crippen molar-refractivity contribution in [2.75, 3.05) is 20.2 Å². The second-order valence-electron chi connectivity index (χ2n) is 7.82. The first-order chi connectivity index (χ1) is 14.2. The van der Waals surface area contributed by atoms with Gasteiger partial charge >= 0.3 is 0 Å². The Bertz CT molecular complexity index is 992. The molecule has 8 heteroatoms. The highest BCUT2D eigenvalue weighted by Gasteiger charge is 2.36. The quantitative estimate of drug-likeness (QED) is 0.726. The van der Waals surface area contributed by atoms with Crippen LogP contribution in [0.15, 0.2) is 53.4 Å². The van der Waals surface area contributed by atoms with Gasteiger partial charge in [-0.3, -0.25) is 4.79 Å². The molecule has 1 saturated heterocycles. The molecule has 1 aliphatic rings. The van der Waals surface area contributed by atoms with Crippen LogP contribution in [0.25, 0.3) is 0 Å². The van der Waals surface area contributed by atoms with Crippen molar-refractivity contribution in [3.8, 4) is 5.75 Å². The van der Waals surface area contributed by atoms with Gasteiger partial charge in [0.05, 0.1) is 7.11 Å². The van der Waals surface area contributed by atoms with Crippen molar-refractivity contribution >= 4 is 15.9 Å². The number of hydrogen-bond donors (Lipinski definition) is 1. The summed E-state index contributed by atoms with van der Waals surface area (Å²) < 4.78 is 47.0. The molecule has 2 aromatic carbocycles. The molecule has 1 N–H and O–H groups in total. The standard InChI is InChI=1S/C22H27FN2O4S/c1-15(2)21(24-30(27,28)20-7-5-4-6-19(20)23)22(26)25-13-12-17(14-25)16-8-10-18(29-3)11-9-16/h4-11,15,17,21,24H,12-14H2,1-3H3/t17?,21-/m0/s1. The molecule has 30 heavy (non-hydrogen) atoms. The number of likely N-dealkylation sites (tertiary alicyclic amines) is 1. The summed E-state index contributed by atoms with van der Waals surface area (Å²) in [5.41, 5.74) is 1.11. The van der Waals surface area contributed by atoms with Crippen LogP contribution in [0.5, 0.6) is 5.75 Å². The van der Waals surface area contributed by atoms with Crippen molar-refractivity contribution in [2.45, 2.75) is 37.1 Å². The summed E-state index contributed by atoms with van der Waals surface area (Å²) in [4.78, 5) is 14.4. The van der Waals surface area contributed by atoms with Crippen molar-refractivity contribution in [2.24, 2.45) is 5.92 Å². The summed E-state index contributed by atoms with van der Waals surface area (Å²) in [6.45, 7) is 4.59. The van der Waals surface area contributed by atoms with E-state index in [0.717, 1.165) is 23.8 Å². The van der Waals surface area contributed by atoms with Gasteiger partial charge in [0.15, 0.2) is 0 Å². The summed E-state index contributed by atoms with van der Waals surface area (Å²) in [6, 6.07) is 11.9. The number of amides is 1. The van der Waals surface area contributed by atoms with Crippen LogP contribution in [-0.4, -0.2) is 45.5 Å². The Morgan fingerprint density at radius 1 is 1.17 bits per heavy atom. The van der Waals surface area contributed by atoms with Gasteiger partial charge in [0.1, 0.15) is 22.5 Å². The minimum atomic E-state index is -4.17. The molecule has 2 aromatic rings. The molecule has 2 atom stereocenters. The van der Waals surface area contributed by atoms with Crippen LogP contribution in [-0.2, 0) is 14.8 Å². The Morgan fingerprint density at radius 2 is 1.83 bits per heavy atom. The number of sulfonamides is 1. The number of nitrogens with one attached hydrogen (secondary N) is 1. The number of benzene rings is 2. The summed E-state index contributed by atoms with van der Waals surface area (Å²) in [6.07, 6.45) is 0.795. The van der Waals surface area contributed by atoms with Crippen molar-refractivity contribution < 1.29 is 22.3 Å². The average Bonchev–Trinajstić information content (AvgIpc) is 3.22. The summed E-state index contributed by atoms with van der Waals surface area (Å²) in [5, 5.41) is 0.